The molecule has 1 saturated heterocycles. The second-order valence-electron chi connectivity index (χ2n) is 5.54. The van der Waals surface area contributed by atoms with Gasteiger partial charge in [0.2, 0.25) is 5.91 Å². The molecule has 23 heavy (non-hydrogen) atoms. The Labute approximate surface area is 136 Å². The predicted octanol–water partition coefficient (Wildman–Crippen LogP) is 1.59. The highest BCUT2D eigenvalue weighted by Crippen LogP contribution is 2.16. The van der Waals surface area contributed by atoms with Gasteiger partial charge in [0.25, 0.3) is 5.91 Å². The van der Waals surface area contributed by atoms with Crippen molar-refractivity contribution in [2.24, 2.45) is 0 Å². The number of amides is 2. The molecule has 0 unspecified atom stereocenters. The predicted molar refractivity (Wildman–Crippen MR) is 86.5 cm³/mol. The van der Waals surface area contributed by atoms with Crippen LogP contribution in [0.5, 0.6) is 11.5 Å². The van der Waals surface area contributed by atoms with E-state index in [1.54, 1.807) is 31.4 Å². The third-order valence-corrected chi connectivity index (χ3v) is 3.82. The van der Waals surface area contributed by atoms with Gasteiger partial charge < -0.3 is 19.7 Å². The van der Waals surface area contributed by atoms with Crippen LogP contribution >= 0.6 is 0 Å². The minimum atomic E-state index is -0.302. The third-order valence-electron chi connectivity index (χ3n) is 3.82. The largest absolute Gasteiger partial charge is 0.497 e. The van der Waals surface area contributed by atoms with E-state index in [1.165, 1.54) is 12.8 Å². The number of benzene rings is 1. The molecule has 2 amide bonds. The van der Waals surface area contributed by atoms with E-state index in [0.717, 1.165) is 31.7 Å². The molecule has 0 aliphatic carbocycles. The van der Waals surface area contributed by atoms with Gasteiger partial charge >= 0.3 is 0 Å². The Balaban J connectivity index is 1.68. The number of methoxy groups -OCH3 is 1. The lowest BCUT2D eigenvalue weighted by molar-refractivity contribution is -0.133. The molecule has 1 aromatic rings. The molecule has 0 bridgehead atoms. The van der Waals surface area contributed by atoms with Gasteiger partial charge in [-0.2, -0.15) is 0 Å². The highest BCUT2D eigenvalue weighted by Gasteiger charge is 2.16. The van der Waals surface area contributed by atoms with E-state index >= 15 is 0 Å². The summed E-state index contributed by atoms with van der Waals surface area (Å²) in [6, 6.07) is 6.98. The molecular weight excluding hydrogens is 296 g/mol. The van der Waals surface area contributed by atoms with Crippen molar-refractivity contribution in [3.63, 3.8) is 0 Å². The van der Waals surface area contributed by atoms with Crippen LogP contribution in [0.2, 0.25) is 0 Å². The van der Waals surface area contributed by atoms with Crippen molar-refractivity contribution in [1.82, 2.24) is 10.2 Å². The van der Waals surface area contributed by atoms with Crippen molar-refractivity contribution in [2.45, 2.75) is 25.7 Å². The fraction of sp³-hybridized carbons (Fsp3) is 0.529. The molecule has 0 spiro atoms. The Hall–Kier alpha value is -2.24. The molecule has 2 rings (SSSR count). The molecule has 1 aliphatic heterocycles. The number of rotatable bonds is 6. The molecule has 0 saturated carbocycles. The minimum absolute atomic E-state index is 0.0234. The zero-order chi connectivity index (χ0) is 16.5. The number of likely N-dealkylation sites (tertiary alicyclic amines) is 1. The van der Waals surface area contributed by atoms with Crippen molar-refractivity contribution in [2.75, 3.05) is 33.4 Å². The second-order valence-corrected chi connectivity index (χ2v) is 5.54. The maximum Gasteiger partial charge on any atom is 0.258 e. The van der Waals surface area contributed by atoms with Crippen LogP contribution < -0.4 is 14.8 Å². The number of hydrogen-bond acceptors (Lipinski definition) is 4. The summed E-state index contributed by atoms with van der Waals surface area (Å²) in [6.07, 6.45) is 4.43. The third kappa shape index (κ3) is 5.81. The molecule has 1 fully saturated rings. The normalized spacial score (nSPS) is 14.7. The zero-order valence-electron chi connectivity index (χ0n) is 13.5. The van der Waals surface area contributed by atoms with Gasteiger partial charge in [-0.1, -0.05) is 12.8 Å². The fourth-order valence-electron chi connectivity index (χ4n) is 2.48. The first-order valence-corrected chi connectivity index (χ1v) is 8.00. The van der Waals surface area contributed by atoms with Gasteiger partial charge in [0.15, 0.2) is 6.61 Å². The smallest absolute Gasteiger partial charge is 0.258 e. The van der Waals surface area contributed by atoms with E-state index in [-0.39, 0.29) is 25.0 Å². The van der Waals surface area contributed by atoms with Gasteiger partial charge in [-0.25, -0.2) is 0 Å². The highest BCUT2D eigenvalue weighted by atomic mass is 16.5. The first-order valence-electron chi connectivity index (χ1n) is 8.00. The number of ether oxygens (including phenoxy) is 2. The SMILES string of the molecule is COc1ccc(OCC(=O)NCC(=O)N2CCCCCC2)cc1. The van der Waals surface area contributed by atoms with Crippen LogP contribution in [-0.2, 0) is 9.59 Å². The molecule has 0 radical (unpaired) electrons. The van der Waals surface area contributed by atoms with Gasteiger partial charge in [-0.3, -0.25) is 9.59 Å². The quantitative estimate of drug-likeness (QED) is 0.864. The molecule has 126 valence electrons. The van der Waals surface area contributed by atoms with Crippen LogP contribution in [0.4, 0.5) is 0 Å². The maximum absolute atomic E-state index is 12.1. The van der Waals surface area contributed by atoms with Crippen molar-refractivity contribution in [3.8, 4) is 11.5 Å². The van der Waals surface area contributed by atoms with Gasteiger partial charge in [-0.15, -0.1) is 0 Å². The maximum atomic E-state index is 12.1. The van der Waals surface area contributed by atoms with E-state index in [1.807, 2.05) is 4.90 Å². The van der Waals surface area contributed by atoms with Crippen LogP contribution in [0.25, 0.3) is 0 Å². The van der Waals surface area contributed by atoms with Gasteiger partial charge in [0.05, 0.1) is 13.7 Å². The van der Waals surface area contributed by atoms with Gasteiger partial charge in [-0.05, 0) is 37.1 Å². The topological polar surface area (TPSA) is 67.9 Å². The molecule has 1 N–H and O–H groups in total. The van der Waals surface area contributed by atoms with Crippen LogP contribution in [0.1, 0.15) is 25.7 Å². The minimum Gasteiger partial charge on any atom is -0.497 e. The number of nitrogens with zero attached hydrogens (tertiary/aromatic N) is 1. The zero-order valence-corrected chi connectivity index (χ0v) is 13.5. The Kier molecular flexibility index (Phi) is 6.72. The van der Waals surface area contributed by atoms with Gasteiger partial charge in [0.1, 0.15) is 11.5 Å². The summed E-state index contributed by atoms with van der Waals surface area (Å²) in [4.78, 5) is 25.7. The average Bonchev–Trinajstić information content (AvgIpc) is 2.87. The standard InChI is InChI=1S/C17H24N2O4/c1-22-14-6-8-15(9-7-14)23-13-16(20)18-12-17(21)19-10-4-2-3-5-11-19/h6-9H,2-5,10-13H2,1H3,(H,18,20). The number of nitrogens with one attached hydrogen (secondary N) is 1. The Bertz CT molecular complexity index is 508. The summed E-state index contributed by atoms with van der Waals surface area (Å²) in [5.74, 6) is 0.985. The molecule has 0 atom stereocenters. The summed E-state index contributed by atoms with van der Waals surface area (Å²) >= 11 is 0. The van der Waals surface area contributed by atoms with Crippen LogP contribution in [0.15, 0.2) is 24.3 Å². The number of carbonyl (C=O) groups is 2. The summed E-state index contributed by atoms with van der Waals surface area (Å²) < 4.78 is 10.4. The number of hydrogen-bond donors (Lipinski definition) is 1. The van der Waals surface area contributed by atoms with E-state index in [0.29, 0.717) is 5.75 Å². The van der Waals surface area contributed by atoms with E-state index in [4.69, 9.17) is 9.47 Å². The van der Waals surface area contributed by atoms with Crippen LogP contribution in [0, 0.1) is 0 Å². The fourth-order valence-corrected chi connectivity index (χ4v) is 2.48. The van der Waals surface area contributed by atoms with Crippen LogP contribution in [0.3, 0.4) is 0 Å². The van der Waals surface area contributed by atoms with Crippen molar-refractivity contribution in [3.05, 3.63) is 24.3 Å². The Morgan fingerprint density at radius 1 is 1.04 bits per heavy atom. The van der Waals surface area contributed by atoms with Crippen molar-refractivity contribution >= 4 is 11.8 Å². The lowest BCUT2D eigenvalue weighted by Gasteiger charge is -2.20. The van der Waals surface area contributed by atoms with Crippen LogP contribution in [-0.4, -0.2) is 50.1 Å². The van der Waals surface area contributed by atoms with E-state index < -0.39 is 0 Å². The summed E-state index contributed by atoms with van der Waals surface area (Å²) in [5, 5.41) is 2.61. The lowest BCUT2D eigenvalue weighted by atomic mass is 10.2. The van der Waals surface area contributed by atoms with Crippen molar-refractivity contribution in [1.29, 1.82) is 0 Å². The molecule has 0 aromatic heterocycles. The highest BCUT2D eigenvalue weighted by molar-refractivity contribution is 5.85. The van der Waals surface area contributed by atoms with Crippen molar-refractivity contribution < 1.29 is 19.1 Å². The summed E-state index contributed by atoms with van der Waals surface area (Å²) in [6.45, 7) is 1.50. The summed E-state index contributed by atoms with van der Waals surface area (Å²) in [7, 11) is 1.59. The lowest BCUT2D eigenvalue weighted by Crippen LogP contribution is -2.41. The number of carbonyl (C=O) groups excluding carboxylic acids is 2. The van der Waals surface area contributed by atoms with E-state index in [9.17, 15) is 9.59 Å². The first-order chi connectivity index (χ1) is 11.2. The van der Waals surface area contributed by atoms with E-state index in [2.05, 4.69) is 5.32 Å². The molecule has 1 aliphatic rings. The average molecular weight is 320 g/mol. The monoisotopic (exact) mass is 320 g/mol. The molecular formula is C17H24N2O4. The first kappa shape index (κ1) is 17.1. The summed E-state index contributed by atoms with van der Waals surface area (Å²) in [5.41, 5.74) is 0. The molecule has 1 aromatic carbocycles. The second kappa shape index (κ2) is 9.02. The molecule has 6 nitrogen and oxygen atoms in total. The Morgan fingerprint density at radius 2 is 1.65 bits per heavy atom. The molecule has 6 heteroatoms. The van der Waals surface area contributed by atoms with Gasteiger partial charge in [0, 0.05) is 13.1 Å². The molecule has 1 heterocycles. The Morgan fingerprint density at radius 3 is 2.26 bits per heavy atom.